The molecule has 0 saturated heterocycles. The molecule has 0 fully saturated rings. The van der Waals surface area contributed by atoms with Gasteiger partial charge in [0.2, 0.25) is 0 Å². The molecular weight excluding hydrogens is 609 g/mol. The van der Waals surface area contributed by atoms with Crippen molar-refractivity contribution in [2.24, 2.45) is 0 Å². The van der Waals surface area contributed by atoms with Gasteiger partial charge < -0.3 is 9.47 Å². The Morgan fingerprint density at radius 1 is 0.460 bits per heavy atom. The van der Waals surface area contributed by atoms with Crippen LogP contribution >= 0.6 is 0 Å². The molecule has 0 amide bonds. The van der Waals surface area contributed by atoms with Gasteiger partial charge in [-0.1, -0.05) is 84.4 Å². The zero-order valence-electron chi connectivity index (χ0n) is 28.4. The number of aromatic nitrogens is 3. The molecule has 4 nitrogen and oxygen atoms in total. The standard InChI is InChI=1S/C46H36N4/c1-31-28-32(2)45(33(3)29-31)50-42-20-12-10-18-39(42)40-30-38(26-27-43(40)50)48(35-14-6-4-7-15-35)37-24-22-34(23-25-37)46-47-41-19-11-13-21-44(41)49(46)36-16-8-5-9-17-36/h4-30H,1-3H3. The summed E-state index contributed by atoms with van der Waals surface area (Å²) in [6.07, 6.45) is 0. The van der Waals surface area contributed by atoms with E-state index in [0.29, 0.717) is 0 Å². The summed E-state index contributed by atoms with van der Waals surface area (Å²) in [6.45, 7) is 6.62. The Bertz CT molecular complexity index is 2640. The summed E-state index contributed by atoms with van der Waals surface area (Å²) in [5.74, 6) is 0.922. The van der Waals surface area contributed by atoms with Crippen molar-refractivity contribution in [3.8, 4) is 22.8 Å². The number of hydrogen-bond donors (Lipinski definition) is 0. The van der Waals surface area contributed by atoms with Gasteiger partial charge in [0.15, 0.2) is 0 Å². The van der Waals surface area contributed by atoms with Gasteiger partial charge in [0.05, 0.1) is 27.8 Å². The molecule has 2 heterocycles. The van der Waals surface area contributed by atoms with E-state index in [0.717, 1.165) is 45.2 Å². The third-order valence-corrected chi connectivity index (χ3v) is 9.75. The van der Waals surface area contributed by atoms with Crippen LogP contribution in [-0.2, 0) is 0 Å². The van der Waals surface area contributed by atoms with Crippen LogP contribution in [-0.4, -0.2) is 14.1 Å². The first kappa shape index (κ1) is 29.7. The summed E-state index contributed by atoms with van der Waals surface area (Å²) >= 11 is 0. The Morgan fingerprint density at radius 2 is 1.04 bits per heavy atom. The average molecular weight is 645 g/mol. The number of para-hydroxylation sites is 5. The smallest absolute Gasteiger partial charge is 0.145 e. The molecule has 0 bridgehead atoms. The number of rotatable bonds is 6. The van der Waals surface area contributed by atoms with E-state index >= 15 is 0 Å². The van der Waals surface area contributed by atoms with Crippen molar-refractivity contribution in [2.75, 3.05) is 4.90 Å². The molecule has 0 unspecified atom stereocenters. The predicted molar refractivity (Wildman–Crippen MR) is 210 cm³/mol. The quantitative estimate of drug-likeness (QED) is 0.180. The molecule has 9 rings (SSSR count). The molecule has 0 spiro atoms. The van der Waals surface area contributed by atoms with Crippen molar-refractivity contribution in [2.45, 2.75) is 20.8 Å². The molecule has 7 aromatic carbocycles. The third kappa shape index (κ3) is 4.88. The van der Waals surface area contributed by atoms with Crippen LogP contribution in [0.2, 0.25) is 0 Å². The van der Waals surface area contributed by atoms with Crippen molar-refractivity contribution in [3.05, 3.63) is 180 Å². The van der Waals surface area contributed by atoms with E-state index in [1.165, 1.54) is 44.2 Å². The van der Waals surface area contributed by atoms with Gasteiger partial charge in [-0.25, -0.2) is 4.98 Å². The minimum absolute atomic E-state index is 0.922. The molecule has 240 valence electrons. The summed E-state index contributed by atoms with van der Waals surface area (Å²) in [5, 5.41) is 2.47. The van der Waals surface area contributed by atoms with Gasteiger partial charge in [0.1, 0.15) is 5.82 Å². The summed E-state index contributed by atoms with van der Waals surface area (Å²) in [5.41, 5.74) is 15.0. The van der Waals surface area contributed by atoms with Crippen LogP contribution in [0.4, 0.5) is 17.1 Å². The second kappa shape index (κ2) is 11.9. The van der Waals surface area contributed by atoms with E-state index in [-0.39, 0.29) is 0 Å². The normalized spacial score (nSPS) is 11.5. The largest absolute Gasteiger partial charge is 0.310 e. The molecular formula is C46H36N4. The molecule has 0 N–H and O–H groups in total. The van der Waals surface area contributed by atoms with Gasteiger partial charge in [-0.15, -0.1) is 0 Å². The number of fused-ring (bicyclic) bond motifs is 4. The number of imidazole rings is 1. The number of benzene rings is 7. The van der Waals surface area contributed by atoms with Crippen LogP contribution in [0.15, 0.2) is 164 Å². The summed E-state index contributed by atoms with van der Waals surface area (Å²) < 4.78 is 4.69. The van der Waals surface area contributed by atoms with Gasteiger partial charge in [-0.05, 0) is 117 Å². The van der Waals surface area contributed by atoms with Gasteiger partial charge >= 0.3 is 0 Å². The first-order valence-corrected chi connectivity index (χ1v) is 17.1. The Kier molecular flexibility index (Phi) is 7.10. The minimum Gasteiger partial charge on any atom is -0.310 e. The fraction of sp³-hybridized carbons (Fsp3) is 0.0652. The van der Waals surface area contributed by atoms with E-state index in [1.54, 1.807) is 0 Å². The maximum absolute atomic E-state index is 5.10. The molecule has 50 heavy (non-hydrogen) atoms. The van der Waals surface area contributed by atoms with E-state index in [4.69, 9.17) is 4.98 Å². The SMILES string of the molecule is Cc1cc(C)c(-n2c3ccccc3c3cc(N(c4ccccc4)c4ccc(-c5nc6ccccc6n5-c5ccccc5)cc4)ccc32)c(C)c1. The first-order valence-electron chi connectivity index (χ1n) is 17.1. The molecule has 0 aliphatic heterocycles. The third-order valence-electron chi connectivity index (χ3n) is 9.75. The zero-order valence-corrected chi connectivity index (χ0v) is 28.4. The highest BCUT2D eigenvalue weighted by Crippen LogP contribution is 2.41. The lowest BCUT2D eigenvalue weighted by atomic mass is 10.0. The Morgan fingerprint density at radius 3 is 1.78 bits per heavy atom. The second-order valence-electron chi connectivity index (χ2n) is 13.1. The second-order valence-corrected chi connectivity index (χ2v) is 13.1. The maximum Gasteiger partial charge on any atom is 0.145 e. The monoisotopic (exact) mass is 644 g/mol. The van der Waals surface area contributed by atoms with E-state index in [9.17, 15) is 0 Å². The van der Waals surface area contributed by atoms with Crippen molar-refractivity contribution >= 4 is 49.9 Å². The van der Waals surface area contributed by atoms with Crippen LogP contribution in [0.5, 0.6) is 0 Å². The van der Waals surface area contributed by atoms with Crippen molar-refractivity contribution in [3.63, 3.8) is 0 Å². The Hall–Kier alpha value is -6.39. The molecule has 4 heteroatoms. The van der Waals surface area contributed by atoms with Crippen molar-refractivity contribution < 1.29 is 0 Å². The van der Waals surface area contributed by atoms with E-state index in [1.807, 2.05) is 6.07 Å². The van der Waals surface area contributed by atoms with Crippen molar-refractivity contribution in [1.82, 2.24) is 14.1 Å². The lowest BCUT2D eigenvalue weighted by molar-refractivity contribution is 1.10. The Labute approximate surface area is 292 Å². The fourth-order valence-electron chi connectivity index (χ4n) is 7.71. The molecule has 0 aliphatic carbocycles. The summed E-state index contributed by atoms with van der Waals surface area (Å²) in [7, 11) is 0. The van der Waals surface area contributed by atoms with E-state index in [2.05, 4.69) is 193 Å². The topological polar surface area (TPSA) is 26.0 Å². The van der Waals surface area contributed by atoms with Crippen LogP contribution < -0.4 is 4.90 Å². The minimum atomic E-state index is 0.922. The fourth-order valence-corrected chi connectivity index (χ4v) is 7.71. The van der Waals surface area contributed by atoms with Crippen LogP contribution in [0, 0.1) is 20.8 Å². The summed E-state index contributed by atoms with van der Waals surface area (Å²) in [4.78, 5) is 7.45. The first-order chi connectivity index (χ1) is 24.5. The molecule has 0 saturated carbocycles. The highest BCUT2D eigenvalue weighted by Gasteiger charge is 2.20. The van der Waals surface area contributed by atoms with Crippen LogP contribution in [0.3, 0.4) is 0 Å². The summed E-state index contributed by atoms with van der Waals surface area (Å²) in [6, 6.07) is 58.5. The number of aryl methyl sites for hydroxylation is 3. The lowest BCUT2D eigenvalue weighted by Crippen LogP contribution is -2.10. The number of anilines is 3. The number of hydrogen-bond acceptors (Lipinski definition) is 2. The highest BCUT2D eigenvalue weighted by molar-refractivity contribution is 6.11. The van der Waals surface area contributed by atoms with Gasteiger partial charge in [0, 0.05) is 39.1 Å². The maximum atomic E-state index is 5.10. The highest BCUT2D eigenvalue weighted by atomic mass is 15.1. The molecule has 0 radical (unpaired) electrons. The molecule has 0 atom stereocenters. The van der Waals surface area contributed by atoms with E-state index < -0.39 is 0 Å². The molecule has 9 aromatic rings. The van der Waals surface area contributed by atoms with Gasteiger partial charge in [-0.3, -0.25) is 4.57 Å². The van der Waals surface area contributed by atoms with Crippen LogP contribution in [0.25, 0.3) is 55.6 Å². The van der Waals surface area contributed by atoms with Gasteiger partial charge in [0.25, 0.3) is 0 Å². The van der Waals surface area contributed by atoms with Crippen molar-refractivity contribution in [1.29, 1.82) is 0 Å². The van der Waals surface area contributed by atoms with Gasteiger partial charge in [-0.2, -0.15) is 0 Å². The van der Waals surface area contributed by atoms with Crippen LogP contribution in [0.1, 0.15) is 16.7 Å². The predicted octanol–water partition coefficient (Wildman–Crippen LogP) is 12.2. The number of nitrogens with zero attached hydrogens (tertiary/aromatic N) is 4. The lowest BCUT2D eigenvalue weighted by Gasteiger charge is -2.26. The molecule has 0 aliphatic rings. The average Bonchev–Trinajstić information content (AvgIpc) is 3.69. The zero-order chi connectivity index (χ0) is 33.8. The Balaban J connectivity index is 1.20. The molecule has 2 aromatic heterocycles.